The summed E-state index contributed by atoms with van der Waals surface area (Å²) in [5.74, 6) is 0.595. The van der Waals surface area contributed by atoms with Gasteiger partial charge in [-0.1, -0.05) is 29.3 Å². The van der Waals surface area contributed by atoms with E-state index in [1.807, 2.05) is 6.07 Å². The first kappa shape index (κ1) is 12.0. The quantitative estimate of drug-likeness (QED) is 0.790. The van der Waals surface area contributed by atoms with E-state index in [-0.39, 0.29) is 0 Å². The molecule has 2 nitrogen and oxygen atoms in total. The number of halogens is 2. The Morgan fingerprint density at radius 2 is 1.94 bits per heavy atom. The predicted molar refractivity (Wildman–Crippen MR) is 67.6 cm³/mol. The Labute approximate surface area is 106 Å². The summed E-state index contributed by atoms with van der Waals surface area (Å²) >= 11 is 12.0. The molecule has 1 aromatic carbocycles. The molecule has 0 radical (unpaired) electrons. The third-order valence-corrected chi connectivity index (χ3v) is 3.09. The molecule has 4 heteroatoms. The van der Waals surface area contributed by atoms with Crippen molar-refractivity contribution in [3.05, 3.63) is 28.2 Å². The van der Waals surface area contributed by atoms with Crippen LogP contribution in [0.25, 0.3) is 0 Å². The number of para-hydroxylation sites is 1. The Morgan fingerprint density at radius 1 is 1.25 bits per heavy atom. The summed E-state index contributed by atoms with van der Waals surface area (Å²) in [6.45, 7) is 1.63. The molecule has 1 saturated carbocycles. The van der Waals surface area contributed by atoms with Gasteiger partial charge in [-0.15, -0.1) is 0 Å². The van der Waals surface area contributed by atoms with Gasteiger partial charge in [0.05, 0.1) is 16.7 Å². The average Bonchev–Trinajstić information content (AvgIpc) is 3.05. The number of benzene rings is 1. The fourth-order valence-electron chi connectivity index (χ4n) is 1.46. The molecule has 0 spiro atoms. The van der Waals surface area contributed by atoms with Gasteiger partial charge in [-0.25, -0.2) is 0 Å². The van der Waals surface area contributed by atoms with Crippen LogP contribution < -0.4 is 10.1 Å². The second kappa shape index (κ2) is 5.76. The van der Waals surface area contributed by atoms with Crippen molar-refractivity contribution in [2.75, 3.05) is 13.2 Å². The first-order chi connectivity index (χ1) is 7.77. The fourth-order valence-corrected chi connectivity index (χ4v) is 1.97. The van der Waals surface area contributed by atoms with E-state index in [2.05, 4.69) is 5.32 Å². The summed E-state index contributed by atoms with van der Waals surface area (Å²) in [6, 6.07) is 6.13. The van der Waals surface area contributed by atoms with Crippen molar-refractivity contribution < 1.29 is 4.74 Å². The highest BCUT2D eigenvalue weighted by molar-refractivity contribution is 6.37. The SMILES string of the molecule is Clc1cccc(Cl)c1OCCCNC1CC1. The molecule has 0 aromatic heterocycles. The molecule has 0 unspecified atom stereocenters. The van der Waals surface area contributed by atoms with Crippen LogP contribution in [-0.2, 0) is 0 Å². The van der Waals surface area contributed by atoms with Crippen LogP contribution in [0.5, 0.6) is 5.75 Å². The second-order valence-corrected chi connectivity index (χ2v) is 4.80. The highest BCUT2D eigenvalue weighted by Gasteiger charge is 2.19. The molecule has 1 aliphatic rings. The number of rotatable bonds is 6. The van der Waals surface area contributed by atoms with Crippen molar-refractivity contribution in [2.45, 2.75) is 25.3 Å². The van der Waals surface area contributed by atoms with E-state index >= 15 is 0 Å². The first-order valence-corrected chi connectivity index (χ1v) is 6.33. The lowest BCUT2D eigenvalue weighted by atomic mass is 10.3. The smallest absolute Gasteiger partial charge is 0.156 e. The average molecular weight is 260 g/mol. The lowest BCUT2D eigenvalue weighted by Gasteiger charge is -2.09. The van der Waals surface area contributed by atoms with E-state index in [0.717, 1.165) is 19.0 Å². The van der Waals surface area contributed by atoms with E-state index in [1.54, 1.807) is 12.1 Å². The molecule has 0 amide bonds. The normalized spacial score (nSPS) is 15.1. The zero-order valence-corrected chi connectivity index (χ0v) is 10.5. The third-order valence-electron chi connectivity index (χ3n) is 2.50. The summed E-state index contributed by atoms with van der Waals surface area (Å²) in [7, 11) is 0. The van der Waals surface area contributed by atoms with E-state index in [9.17, 15) is 0 Å². The zero-order chi connectivity index (χ0) is 11.4. The molecular formula is C12H15Cl2NO. The van der Waals surface area contributed by atoms with Crippen LogP contribution in [0.4, 0.5) is 0 Å². The van der Waals surface area contributed by atoms with Crippen molar-refractivity contribution in [1.29, 1.82) is 0 Å². The summed E-state index contributed by atoms with van der Waals surface area (Å²) in [6.07, 6.45) is 3.60. The van der Waals surface area contributed by atoms with Gasteiger partial charge in [-0.2, -0.15) is 0 Å². The monoisotopic (exact) mass is 259 g/mol. The van der Waals surface area contributed by atoms with Crippen molar-refractivity contribution in [1.82, 2.24) is 5.32 Å². The van der Waals surface area contributed by atoms with Crippen LogP contribution in [0.3, 0.4) is 0 Å². The minimum absolute atomic E-state index is 0.572. The summed E-state index contributed by atoms with van der Waals surface area (Å²) in [5.41, 5.74) is 0. The Morgan fingerprint density at radius 3 is 2.56 bits per heavy atom. The molecular weight excluding hydrogens is 245 g/mol. The molecule has 1 fully saturated rings. The Balaban J connectivity index is 1.71. The molecule has 0 bridgehead atoms. The third kappa shape index (κ3) is 3.55. The van der Waals surface area contributed by atoms with Gasteiger partial charge in [-0.05, 0) is 37.9 Å². The van der Waals surface area contributed by atoms with E-state index in [4.69, 9.17) is 27.9 Å². The Hall–Kier alpha value is -0.440. The fraction of sp³-hybridized carbons (Fsp3) is 0.500. The van der Waals surface area contributed by atoms with Gasteiger partial charge in [0.1, 0.15) is 0 Å². The maximum atomic E-state index is 5.98. The van der Waals surface area contributed by atoms with Crippen LogP contribution in [0.15, 0.2) is 18.2 Å². The van der Waals surface area contributed by atoms with Crippen molar-refractivity contribution in [3.8, 4) is 5.75 Å². The molecule has 0 saturated heterocycles. The molecule has 1 N–H and O–H groups in total. The van der Waals surface area contributed by atoms with Gasteiger partial charge in [-0.3, -0.25) is 0 Å². The Kier molecular flexibility index (Phi) is 4.33. The Bertz CT molecular complexity index is 333. The topological polar surface area (TPSA) is 21.3 Å². The van der Waals surface area contributed by atoms with E-state index in [1.165, 1.54) is 12.8 Å². The highest BCUT2D eigenvalue weighted by Crippen LogP contribution is 2.32. The van der Waals surface area contributed by atoms with Crippen molar-refractivity contribution in [2.24, 2.45) is 0 Å². The summed E-state index contributed by atoms with van der Waals surface area (Å²) in [5, 5.41) is 4.57. The molecule has 1 aromatic rings. The molecule has 1 aliphatic carbocycles. The van der Waals surface area contributed by atoms with Crippen LogP contribution in [-0.4, -0.2) is 19.2 Å². The molecule has 0 heterocycles. The summed E-state index contributed by atoms with van der Waals surface area (Å²) < 4.78 is 5.57. The second-order valence-electron chi connectivity index (χ2n) is 3.98. The highest BCUT2D eigenvalue weighted by atomic mass is 35.5. The molecule has 88 valence electrons. The largest absolute Gasteiger partial charge is 0.490 e. The van der Waals surface area contributed by atoms with Crippen LogP contribution in [0, 0.1) is 0 Å². The number of hydrogen-bond acceptors (Lipinski definition) is 2. The molecule has 0 atom stereocenters. The van der Waals surface area contributed by atoms with E-state index in [0.29, 0.717) is 22.4 Å². The van der Waals surface area contributed by atoms with Crippen LogP contribution in [0.1, 0.15) is 19.3 Å². The van der Waals surface area contributed by atoms with E-state index < -0.39 is 0 Å². The van der Waals surface area contributed by atoms with Gasteiger partial charge in [0.15, 0.2) is 5.75 Å². The molecule has 2 rings (SSSR count). The number of nitrogens with one attached hydrogen (secondary N) is 1. The van der Waals surface area contributed by atoms with Crippen molar-refractivity contribution in [3.63, 3.8) is 0 Å². The summed E-state index contributed by atoms with van der Waals surface area (Å²) in [4.78, 5) is 0. The maximum absolute atomic E-state index is 5.98. The molecule has 16 heavy (non-hydrogen) atoms. The van der Waals surface area contributed by atoms with Gasteiger partial charge >= 0.3 is 0 Å². The maximum Gasteiger partial charge on any atom is 0.156 e. The number of ether oxygens (including phenoxy) is 1. The number of hydrogen-bond donors (Lipinski definition) is 1. The lowest BCUT2D eigenvalue weighted by Crippen LogP contribution is -2.19. The van der Waals surface area contributed by atoms with Crippen molar-refractivity contribution >= 4 is 23.2 Å². The van der Waals surface area contributed by atoms with Crippen LogP contribution >= 0.6 is 23.2 Å². The first-order valence-electron chi connectivity index (χ1n) is 5.57. The van der Waals surface area contributed by atoms with Gasteiger partial charge in [0.2, 0.25) is 0 Å². The minimum Gasteiger partial charge on any atom is -0.490 e. The van der Waals surface area contributed by atoms with Crippen LogP contribution in [0.2, 0.25) is 10.0 Å². The standard InChI is InChI=1S/C12H15Cl2NO/c13-10-3-1-4-11(14)12(10)16-8-2-7-15-9-5-6-9/h1,3-4,9,15H,2,5-8H2. The van der Waals surface area contributed by atoms with Gasteiger partial charge < -0.3 is 10.1 Å². The van der Waals surface area contributed by atoms with Gasteiger partial charge in [0, 0.05) is 6.04 Å². The predicted octanol–water partition coefficient (Wildman–Crippen LogP) is 3.51. The lowest BCUT2D eigenvalue weighted by molar-refractivity contribution is 0.308. The molecule has 0 aliphatic heterocycles. The van der Waals surface area contributed by atoms with Gasteiger partial charge in [0.25, 0.3) is 0 Å². The zero-order valence-electron chi connectivity index (χ0n) is 9.01. The minimum atomic E-state index is 0.572.